The molecule has 3 aliphatic rings. The second-order valence-corrected chi connectivity index (χ2v) is 12.5. The second kappa shape index (κ2) is 12.6. The number of methoxy groups -OCH3 is 1. The summed E-state index contributed by atoms with van der Waals surface area (Å²) in [5.74, 6) is 1.08. The van der Waals surface area contributed by atoms with Crippen molar-refractivity contribution in [1.29, 1.82) is 0 Å². The largest absolute Gasteiger partial charge is 0.481 e. The van der Waals surface area contributed by atoms with Gasteiger partial charge in [0.2, 0.25) is 0 Å². The number of hydrogen-bond donors (Lipinski definition) is 2. The zero-order chi connectivity index (χ0) is 23.9. The maximum absolute atomic E-state index is 13.6. The third-order valence-corrected chi connectivity index (χ3v) is 9.78. The van der Waals surface area contributed by atoms with Gasteiger partial charge in [-0.1, -0.05) is 37.0 Å². The molecule has 7 nitrogen and oxygen atoms in total. The minimum Gasteiger partial charge on any atom is -0.481 e. The minimum atomic E-state index is -0.798. The molecule has 3 saturated carbocycles. The molecule has 2 amide bonds. The average molecular weight is 510 g/mol. The zero-order valence-electron chi connectivity index (χ0n) is 20.2. The van der Waals surface area contributed by atoms with Crippen molar-refractivity contribution in [3.63, 3.8) is 0 Å². The van der Waals surface area contributed by atoms with E-state index in [0.717, 1.165) is 48.7 Å². The number of carboxylic acid groups (broad SMARTS) is 1. The van der Waals surface area contributed by atoms with Crippen LogP contribution < -0.4 is 5.32 Å². The Morgan fingerprint density at radius 2 is 1.71 bits per heavy atom. The van der Waals surface area contributed by atoms with E-state index in [4.69, 9.17) is 9.84 Å². The number of hydrogen-bond acceptors (Lipinski definition) is 6. The molecule has 0 spiro atoms. The Morgan fingerprint density at radius 1 is 1.09 bits per heavy atom. The van der Waals surface area contributed by atoms with Crippen LogP contribution in [0.5, 0.6) is 0 Å². The maximum atomic E-state index is 13.6. The van der Waals surface area contributed by atoms with E-state index in [9.17, 15) is 9.59 Å². The number of ether oxygens (including phenoxy) is 1. The average Bonchev–Trinajstić information content (AvgIpc) is 3.61. The molecule has 1 unspecified atom stereocenters. The summed E-state index contributed by atoms with van der Waals surface area (Å²) in [5.41, 5.74) is 0. The summed E-state index contributed by atoms with van der Waals surface area (Å²) in [6, 6.07) is 0.563. The Kier molecular flexibility index (Phi) is 9.53. The van der Waals surface area contributed by atoms with Crippen molar-refractivity contribution >= 4 is 40.2 Å². The van der Waals surface area contributed by atoms with Gasteiger partial charge in [0.05, 0.1) is 22.9 Å². The molecule has 1 aromatic heterocycles. The third kappa shape index (κ3) is 7.10. The van der Waals surface area contributed by atoms with Crippen LogP contribution >= 0.6 is 23.1 Å². The summed E-state index contributed by atoms with van der Waals surface area (Å²) in [6.07, 6.45) is 16.3. The van der Waals surface area contributed by atoms with Crippen LogP contribution in [0.3, 0.4) is 0 Å². The van der Waals surface area contributed by atoms with Gasteiger partial charge in [-0.25, -0.2) is 9.78 Å². The predicted octanol–water partition coefficient (Wildman–Crippen LogP) is 6.25. The quantitative estimate of drug-likeness (QED) is 0.286. The fraction of sp³-hybridized carbons (Fsp3) is 0.800. The summed E-state index contributed by atoms with van der Waals surface area (Å²) in [5, 5.41) is 12.5. The lowest BCUT2D eigenvalue weighted by atomic mass is 9.80. The summed E-state index contributed by atoms with van der Waals surface area (Å²) in [7, 11) is 1.86. The van der Waals surface area contributed by atoms with Crippen LogP contribution in [0.4, 0.5) is 9.93 Å². The van der Waals surface area contributed by atoms with Crippen molar-refractivity contribution in [2.45, 2.75) is 106 Å². The molecule has 0 aromatic carbocycles. The number of thioether (sulfide) groups is 1. The van der Waals surface area contributed by atoms with E-state index in [1.807, 2.05) is 7.11 Å². The van der Waals surface area contributed by atoms with E-state index >= 15 is 0 Å². The highest BCUT2D eigenvalue weighted by Gasteiger charge is 2.40. The van der Waals surface area contributed by atoms with Gasteiger partial charge < -0.3 is 14.7 Å². The van der Waals surface area contributed by atoms with Crippen molar-refractivity contribution in [1.82, 2.24) is 9.88 Å². The van der Waals surface area contributed by atoms with Crippen molar-refractivity contribution in [3.8, 4) is 0 Å². The Hall–Kier alpha value is -1.32. The Morgan fingerprint density at radius 3 is 2.29 bits per heavy atom. The van der Waals surface area contributed by atoms with E-state index in [-0.39, 0.29) is 18.5 Å². The fourth-order valence-corrected chi connectivity index (χ4v) is 7.71. The van der Waals surface area contributed by atoms with Crippen molar-refractivity contribution in [2.75, 3.05) is 18.2 Å². The van der Waals surface area contributed by atoms with E-state index in [1.165, 1.54) is 61.6 Å². The first kappa shape index (κ1) is 25.8. The number of carbonyl (C=O) groups is 2. The first-order valence-electron chi connectivity index (χ1n) is 13.0. The number of rotatable bonds is 10. The molecule has 9 heteroatoms. The maximum Gasteiger partial charge on any atom is 0.324 e. The number of nitrogens with one attached hydrogen (secondary N) is 1. The number of nitrogens with zero attached hydrogens (tertiary/aromatic N) is 2. The number of aliphatic carboxylic acids is 1. The number of aromatic nitrogens is 1. The molecule has 0 radical (unpaired) electrons. The first-order valence-corrected chi connectivity index (χ1v) is 14.8. The van der Waals surface area contributed by atoms with E-state index in [1.54, 1.807) is 6.20 Å². The van der Waals surface area contributed by atoms with Gasteiger partial charge in [-0.3, -0.25) is 10.1 Å². The van der Waals surface area contributed by atoms with E-state index in [2.05, 4.69) is 15.2 Å². The molecule has 0 saturated heterocycles. The van der Waals surface area contributed by atoms with Crippen LogP contribution in [0.2, 0.25) is 0 Å². The molecule has 190 valence electrons. The smallest absolute Gasteiger partial charge is 0.324 e. The molecule has 0 bridgehead atoms. The summed E-state index contributed by atoms with van der Waals surface area (Å²) in [4.78, 5) is 30.9. The van der Waals surface area contributed by atoms with Crippen LogP contribution in [-0.4, -0.2) is 58.0 Å². The second-order valence-electron chi connectivity index (χ2n) is 10.1. The van der Waals surface area contributed by atoms with Gasteiger partial charge in [0.1, 0.15) is 0 Å². The molecule has 1 heterocycles. The molecule has 34 heavy (non-hydrogen) atoms. The fourth-order valence-electron chi connectivity index (χ4n) is 5.85. The highest BCUT2D eigenvalue weighted by Crippen LogP contribution is 2.43. The van der Waals surface area contributed by atoms with Gasteiger partial charge >= 0.3 is 12.0 Å². The number of urea groups is 1. The number of carbonyl (C=O) groups excluding carboxylic acids is 1. The Labute approximate surface area is 211 Å². The SMILES string of the molecule is COC(C1CC1)[C@H]1CC[C@H](N(C(=O)Nc2ncc(SCCC(=O)O)s2)C2CCCCCC2)CC1. The van der Waals surface area contributed by atoms with E-state index < -0.39 is 5.97 Å². The third-order valence-electron chi connectivity index (χ3n) is 7.67. The van der Waals surface area contributed by atoms with Crippen LogP contribution in [-0.2, 0) is 9.53 Å². The van der Waals surface area contributed by atoms with Crippen LogP contribution in [0.15, 0.2) is 10.4 Å². The number of carboxylic acids is 1. The topological polar surface area (TPSA) is 91.8 Å². The monoisotopic (exact) mass is 509 g/mol. The number of amides is 2. The van der Waals surface area contributed by atoms with E-state index in [0.29, 0.717) is 28.9 Å². The van der Waals surface area contributed by atoms with Crippen molar-refractivity contribution in [2.24, 2.45) is 11.8 Å². The highest BCUT2D eigenvalue weighted by molar-refractivity contribution is 8.01. The van der Waals surface area contributed by atoms with Gasteiger partial charge in [0.15, 0.2) is 5.13 Å². The molecule has 1 aromatic rings. The molecule has 3 aliphatic carbocycles. The predicted molar refractivity (Wildman–Crippen MR) is 137 cm³/mol. The molecule has 3 fully saturated rings. The standard InChI is InChI=1S/C25H39N3O4S2/c1-32-23(17-8-9-17)18-10-12-20(13-11-18)28(19-6-4-2-3-5-7-19)25(31)27-24-26-16-22(34-24)33-15-14-21(29)30/h16-20,23H,2-15H2,1H3,(H,29,30)(H,26,27,31)/t18-,20-,23?. The summed E-state index contributed by atoms with van der Waals surface area (Å²) in [6.45, 7) is 0. The molecular formula is C25H39N3O4S2. The van der Waals surface area contributed by atoms with Gasteiger partial charge in [-0.2, -0.15) is 0 Å². The minimum absolute atomic E-state index is 0.0164. The van der Waals surface area contributed by atoms with Gasteiger partial charge in [0.25, 0.3) is 0 Å². The number of thiazole rings is 1. The Bertz CT molecular complexity index is 800. The molecular weight excluding hydrogens is 470 g/mol. The van der Waals surface area contributed by atoms with Crippen LogP contribution in [0.1, 0.15) is 83.5 Å². The first-order chi connectivity index (χ1) is 16.5. The van der Waals surface area contributed by atoms with Crippen molar-refractivity contribution < 1.29 is 19.4 Å². The van der Waals surface area contributed by atoms with Crippen LogP contribution in [0.25, 0.3) is 0 Å². The van der Waals surface area contributed by atoms with Gasteiger partial charge in [-0.05, 0) is 63.2 Å². The van der Waals surface area contributed by atoms with Gasteiger partial charge in [0, 0.05) is 24.9 Å². The normalized spacial score (nSPS) is 24.9. The van der Waals surface area contributed by atoms with Crippen molar-refractivity contribution in [3.05, 3.63) is 6.20 Å². The molecule has 1 atom stereocenters. The molecule has 2 N–H and O–H groups in total. The van der Waals surface area contributed by atoms with Crippen LogP contribution in [0, 0.1) is 11.8 Å². The summed E-state index contributed by atoms with van der Waals surface area (Å²) >= 11 is 2.90. The molecule has 0 aliphatic heterocycles. The van der Waals surface area contributed by atoms with Gasteiger partial charge in [-0.15, -0.1) is 11.8 Å². The lowest BCUT2D eigenvalue weighted by Crippen LogP contribution is -2.51. The summed E-state index contributed by atoms with van der Waals surface area (Å²) < 4.78 is 6.81. The highest BCUT2D eigenvalue weighted by atomic mass is 32.2. The zero-order valence-corrected chi connectivity index (χ0v) is 21.9. The Balaban J connectivity index is 1.39. The lowest BCUT2D eigenvalue weighted by molar-refractivity contribution is -0.136. The molecule has 4 rings (SSSR count). The number of anilines is 1. The lowest BCUT2D eigenvalue weighted by Gasteiger charge is -2.42.